The summed E-state index contributed by atoms with van der Waals surface area (Å²) in [6.07, 6.45) is 0. The predicted molar refractivity (Wildman–Crippen MR) is 95.9 cm³/mol. The van der Waals surface area contributed by atoms with Gasteiger partial charge in [-0.2, -0.15) is 22.1 Å². The van der Waals surface area contributed by atoms with Crippen LogP contribution in [0.1, 0.15) is 24.4 Å². The maximum atomic E-state index is 12.8. The molecule has 0 radical (unpaired) electrons. The second kappa shape index (κ2) is 7.63. The number of morpholine rings is 1. The summed E-state index contributed by atoms with van der Waals surface area (Å²) in [5, 5.41) is 4.39. The topological polar surface area (TPSA) is 88.0 Å². The molecule has 2 aliphatic rings. The van der Waals surface area contributed by atoms with Gasteiger partial charge < -0.3 is 9.64 Å². The molecule has 2 aliphatic heterocycles. The predicted octanol–water partition coefficient (Wildman–Crippen LogP) is -0.218. The highest BCUT2D eigenvalue weighted by Gasteiger charge is 2.35. The molecule has 1 aromatic rings. The molecule has 146 valence electrons. The Labute approximate surface area is 154 Å². The molecule has 26 heavy (non-hydrogen) atoms. The van der Waals surface area contributed by atoms with Crippen LogP contribution in [-0.2, 0) is 19.7 Å². The van der Waals surface area contributed by atoms with E-state index >= 15 is 0 Å². The largest absolute Gasteiger partial charge is 0.379 e. The van der Waals surface area contributed by atoms with Crippen molar-refractivity contribution in [2.75, 3.05) is 52.5 Å². The highest BCUT2D eigenvalue weighted by atomic mass is 32.2. The number of rotatable bonds is 4. The van der Waals surface area contributed by atoms with Crippen molar-refractivity contribution in [3.05, 3.63) is 17.5 Å². The summed E-state index contributed by atoms with van der Waals surface area (Å²) in [5.74, 6) is -0.0281. The number of hydrogen-bond donors (Lipinski definition) is 0. The van der Waals surface area contributed by atoms with Gasteiger partial charge in [0, 0.05) is 45.0 Å². The highest BCUT2D eigenvalue weighted by molar-refractivity contribution is 7.86. The van der Waals surface area contributed by atoms with E-state index in [2.05, 4.69) is 5.10 Å². The van der Waals surface area contributed by atoms with E-state index in [1.807, 2.05) is 26.8 Å². The fourth-order valence-corrected chi connectivity index (χ4v) is 5.05. The standard InChI is InChI=1S/C16H27N5O4S/c1-13-12-14(2)21(17-13)15(3)16(22)18-4-6-19(7-5-18)26(23,24)20-8-10-25-11-9-20/h12,15H,4-11H2,1-3H3/t15-/m1/s1. The van der Waals surface area contributed by atoms with Gasteiger partial charge in [0.1, 0.15) is 6.04 Å². The minimum Gasteiger partial charge on any atom is -0.379 e. The zero-order valence-corrected chi connectivity index (χ0v) is 16.4. The maximum Gasteiger partial charge on any atom is 0.282 e. The van der Waals surface area contributed by atoms with Crippen LogP contribution in [0.25, 0.3) is 0 Å². The van der Waals surface area contributed by atoms with Gasteiger partial charge >= 0.3 is 0 Å². The molecule has 1 aromatic heterocycles. The van der Waals surface area contributed by atoms with Gasteiger partial charge in [-0.15, -0.1) is 0 Å². The molecule has 0 N–H and O–H groups in total. The van der Waals surface area contributed by atoms with Crippen molar-refractivity contribution in [3.8, 4) is 0 Å². The summed E-state index contributed by atoms with van der Waals surface area (Å²) in [6.45, 7) is 8.70. The number of amides is 1. The van der Waals surface area contributed by atoms with E-state index in [-0.39, 0.29) is 5.91 Å². The zero-order valence-electron chi connectivity index (χ0n) is 15.6. The minimum absolute atomic E-state index is 0.0281. The Balaban J connectivity index is 1.61. The molecule has 9 nitrogen and oxygen atoms in total. The van der Waals surface area contributed by atoms with Crippen LogP contribution in [0.3, 0.4) is 0 Å². The first kappa shape index (κ1) is 19.3. The lowest BCUT2D eigenvalue weighted by Crippen LogP contribution is -2.56. The Bertz CT molecular complexity index is 749. The molecular formula is C16H27N5O4S. The third-order valence-electron chi connectivity index (χ3n) is 4.94. The van der Waals surface area contributed by atoms with Crippen molar-refractivity contribution in [3.63, 3.8) is 0 Å². The maximum absolute atomic E-state index is 12.8. The van der Waals surface area contributed by atoms with Crippen molar-refractivity contribution < 1.29 is 17.9 Å². The summed E-state index contributed by atoms with van der Waals surface area (Å²) in [6, 6.07) is 1.54. The Kier molecular flexibility index (Phi) is 5.66. The quantitative estimate of drug-likeness (QED) is 0.715. The number of ether oxygens (including phenoxy) is 1. The van der Waals surface area contributed by atoms with Crippen LogP contribution in [0, 0.1) is 13.8 Å². The molecule has 3 rings (SSSR count). The van der Waals surface area contributed by atoms with Gasteiger partial charge in [0.2, 0.25) is 5.91 Å². The molecule has 3 heterocycles. The number of carbonyl (C=O) groups is 1. The third kappa shape index (κ3) is 3.78. The highest BCUT2D eigenvalue weighted by Crippen LogP contribution is 2.18. The van der Waals surface area contributed by atoms with Crippen molar-refractivity contribution in [1.82, 2.24) is 23.3 Å². The molecular weight excluding hydrogens is 358 g/mol. The summed E-state index contributed by atoms with van der Waals surface area (Å²) >= 11 is 0. The first-order valence-electron chi connectivity index (χ1n) is 8.95. The molecule has 0 spiro atoms. The Morgan fingerprint density at radius 1 is 1.08 bits per heavy atom. The molecule has 0 aliphatic carbocycles. The number of aromatic nitrogens is 2. The van der Waals surface area contributed by atoms with E-state index in [1.54, 1.807) is 9.58 Å². The molecule has 2 saturated heterocycles. The monoisotopic (exact) mass is 385 g/mol. The molecule has 10 heteroatoms. The van der Waals surface area contributed by atoms with Crippen LogP contribution in [0.4, 0.5) is 0 Å². The van der Waals surface area contributed by atoms with Gasteiger partial charge in [-0.25, -0.2) is 0 Å². The van der Waals surface area contributed by atoms with Crippen LogP contribution < -0.4 is 0 Å². The number of carbonyl (C=O) groups excluding carboxylic acids is 1. The van der Waals surface area contributed by atoms with Crippen LogP contribution in [0.5, 0.6) is 0 Å². The molecule has 0 unspecified atom stereocenters. The van der Waals surface area contributed by atoms with Gasteiger partial charge in [0.05, 0.1) is 18.9 Å². The van der Waals surface area contributed by atoms with Crippen molar-refractivity contribution >= 4 is 16.1 Å². The molecule has 0 bridgehead atoms. The zero-order chi connectivity index (χ0) is 18.9. The van der Waals surface area contributed by atoms with Gasteiger partial charge in [-0.05, 0) is 26.8 Å². The molecule has 2 fully saturated rings. The van der Waals surface area contributed by atoms with E-state index in [1.165, 1.54) is 8.61 Å². The van der Waals surface area contributed by atoms with Crippen molar-refractivity contribution in [2.24, 2.45) is 0 Å². The molecule has 0 saturated carbocycles. The SMILES string of the molecule is Cc1cc(C)n([C@H](C)C(=O)N2CCN(S(=O)(=O)N3CCOCC3)CC2)n1. The Morgan fingerprint density at radius 2 is 1.65 bits per heavy atom. The fourth-order valence-electron chi connectivity index (χ4n) is 3.49. The minimum atomic E-state index is -3.48. The molecule has 0 aromatic carbocycles. The normalized spacial score (nSPS) is 21.7. The van der Waals surface area contributed by atoms with Crippen molar-refractivity contribution in [1.29, 1.82) is 0 Å². The summed E-state index contributed by atoms with van der Waals surface area (Å²) in [5.41, 5.74) is 1.82. The van der Waals surface area contributed by atoms with Crippen LogP contribution >= 0.6 is 0 Å². The Morgan fingerprint density at radius 3 is 2.19 bits per heavy atom. The van der Waals surface area contributed by atoms with E-state index in [0.29, 0.717) is 52.5 Å². The summed E-state index contributed by atoms with van der Waals surface area (Å²) in [7, 11) is -3.48. The lowest BCUT2D eigenvalue weighted by molar-refractivity contribution is -0.135. The van der Waals surface area contributed by atoms with Gasteiger partial charge in [0.25, 0.3) is 10.2 Å². The molecule has 1 amide bonds. The van der Waals surface area contributed by atoms with Crippen molar-refractivity contribution in [2.45, 2.75) is 26.8 Å². The third-order valence-corrected chi connectivity index (χ3v) is 6.98. The second-order valence-electron chi connectivity index (χ2n) is 6.79. The Hall–Kier alpha value is -1.49. The van der Waals surface area contributed by atoms with E-state index in [9.17, 15) is 13.2 Å². The van der Waals surface area contributed by atoms with E-state index < -0.39 is 16.3 Å². The van der Waals surface area contributed by atoms with E-state index in [4.69, 9.17) is 4.74 Å². The first-order valence-corrected chi connectivity index (χ1v) is 10.3. The number of piperazine rings is 1. The number of nitrogens with zero attached hydrogens (tertiary/aromatic N) is 5. The first-order chi connectivity index (χ1) is 12.3. The average Bonchev–Trinajstić information content (AvgIpc) is 2.99. The lowest BCUT2D eigenvalue weighted by Gasteiger charge is -2.38. The van der Waals surface area contributed by atoms with E-state index in [0.717, 1.165) is 11.4 Å². The van der Waals surface area contributed by atoms with Crippen LogP contribution in [0.15, 0.2) is 6.07 Å². The van der Waals surface area contributed by atoms with Gasteiger partial charge in [0.15, 0.2) is 0 Å². The average molecular weight is 385 g/mol. The summed E-state index contributed by atoms with van der Waals surface area (Å²) < 4.78 is 35.3. The van der Waals surface area contributed by atoms with Gasteiger partial charge in [-0.3, -0.25) is 9.48 Å². The second-order valence-corrected chi connectivity index (χ2v) is 8.72. The molecule has 1 atom stereocenters. The lowest BCUT2D eigenvalue weighted by atomic mass is 10.2. The number of hydrogen-bond acceptors (Lipinski definition) is 5. The fraction of sp³-hybridized carbons (Fsp3) is 0.750. The number of aryl methyl sites for hydroxylation is 2. The van der Waals surface area contributed by atoms with Crippen LogP contribution in [-0.4, -0.2) is 90.1 Å². The smallest absolute Gasteiger partial charge is 0.282 e. The van der Waals surface area contributed by atoms with Crippen LogP contribution in [0.2, 0.25) is 0 Å². The van der Waals surface area contributed by atoms with Gasteiger partial charge in [-0.1, -0.05) is 0 Å². The summed E-state index contributed by atoms with van der Waals surface area (Å²) in [4.78, 5) is 14.5.